The minimum atomic E-state index is -0.772. The van der Waals surface area contributed by atoms with Gasteiger partial charge in [-0.05, 0) is 25.7 Å². The Balaban J connectivity index is 1.54. The summed E-state index contributed by atoms with van der Waals surface area (Å²) in [6.07, 6.45) is 3.57. The van der Waals surface area contributed by atoms with Gasteiger partial charge in [-0.3, -0.25) is 9.69 Å². The van der Waals surface area contributed by atoms with Gasteiger partial charge in [0.25, 0.3) is 5.91 Å². The maximum Gasteiger partial charge on any atom is 0.325 e. The normalized spacial score (nSPS) is 24.1. The molecule has 1 atom stereocenters. The molecule has 23 heavy (non-hydrogen) atoms. The molecule has 2 aliphatic rings. The van der Waals surface area contributed by atoms with Crippen molar-refractivity contribution in [1.29, 1.82) is 0 Å². The second-order valence-corrected chi connectivity index (χ2v) is 6.28. The molecule has 1 aliphatic carbocycles. The molecule has 6 heteroatoms. The fraction of sp³-hybridized carbons (Fsp3) is 0.353. The molecule has 3 amide bonds. The lowest BCUT2D eigenvalue weighted by molar-refractivity contribution is -0.132. The van der Waals surface area contributed by atoms with Crippen molar-refractivity contribution in [3.8, 4) is 11.3 Å². The van der Waals surface area contributed by atoms with E-state index in [2.05, 4.69) is 10.3 Å². The first-order valence-corrected chi connectivity index (χ1v) is 7.72. The van der Waals surface area contributed by atoms with Crippen LogP contribution < -0.4 is 5.32 Å². The van der Waals surface area contributed by atoms with E-state index in [0.29, 0.717) is 11.7 Å². The summed E-state index contributed by atoms with van der Waals surface area (Å²) in [6.45, 7) is 1.86. The molecule has 2 heterocycles. The minimum absolute atomic E-state index is 0.0554. The number of imide groups is 1. The second-order valence-electron chi connectivity index (χ2n) is 6.28. The molecule has 1 aliphatic heterocycles. The summed E-state index contributed by atoms with van der Waals surface area (Å²) >= 11 is 0. The lowest BCUT2D eigenvalue weighted by Gasteiger charge is -2.20. The van der Waals surface area contributed by atoms with Gasteiger partial charge in [0.2, 0.25) is 5.89 Å². The highest BCUT2D eigenvalue weighted by atomic mass is 16.4. The maximum atomic E-state index is 12.6. The van der Waals surface area contributed by atoms with Crippen molar-refractivity contribution in [1.82, 2.24) is 15.2 Å². The van der Waals surface area contributed by atoms with Crippen LogP contribution in [0.25, 0.3) is 11.3 Å². The van der Waals surface area contributed by atoms with Crippen LogP contribution >= 0.6 is 0 Å². The molecule has 6 nitrogen and oxygen atoms in total. The lowest BCUT2D eigenvalue weighted by atomic mass is 9.96. The summed E-state index contributed by atoms with van der Waals surface area (Å²) < 4.78 is 5.69. The number of amides is 3. The standard InChI is InChI=1S/C17H17N3O3/c1-17(12-7-8-12)15(21)20(16(22)19-17)10-14-18-9-13(23-14)11-5-3-2-4-6-11/h2-6,9,12H,7-8,10H2,1H3,(H,19,22). The number of carbonyl (C=O) groups is 2. The maximum absolute atomic E-state index is 12.6. The summed E-state index contributed by atoms with van der Waals surface area (Å²) in [5.74, 6) is 1.03. The molecule has 1 aromatic heterocycles. The van der Waals surface area contributed by atoms with E-state index in [-0.39, 0.29) is 24.4 Å². The highest BCUT2D eigenvalue weighted by molar-refractivity contribution is 6.07. The average Bonchev–Trinajstić information content (AvgIpc) is 3.28. The number of nitrogens with zero attached hydrogens (tertiary/aromatic N) is 2. The number of hydrogen-bond acceptors (Lipinski definition) is 4. The molecule has 1 unspecified atom stereocenters. The van der Waals surface area contributed by atoms with Crippen molar-refractivity contribution in [3.05, 3.63) is 42.4 Å². The van der Waals surface area contributed by atoms with E-state index in [1.807, 2.05) is 30.3 Å². The quantitative estimate of drug-likeness (QED) is 0.881. The fourth-order valence-corrected chi connectivity index (χ4v) is 3.05. The lowest BCUT2D eigenvalue weighted by Crippen LogP contribution is -2.46. The molecule has 118 valence electrons. The third-order valence-corrected chi connectivity index (χ3v) is 4.60. The first-order chi connectivity index (χ1) is 11.1. The molecule has 1 N–H and O–H groups in total. The van der Waals surface area contributed by atoms with Crippen LogP contribution in [-0.4, -0.2) is 27.4 Å². The molecule has 0 radical (unpaired) electrons. The smallest absolute Gasteiger partial charge is 0.325 e. The van der Waals surface area contributed by atoms with Crippen molar-refractivity contribution >= 4 is 11.9 Å². The molecule has 1 saturated heterocycles. The molecule has 1 saturated carbocycles. The number of urea groups is 1. The minimum Gasteiger partial charge on any atom is -0.439 e. The topological polar surface area (TPSA) is 75.4 Å². The van der Waals surface area contributed by atoms with Crippen molar-refractivity contribution in [2.75, 3.05) is 0 Å². The highest BCUT2D eigenvalue weighted by Gasteiger charge is 2.56. The van der Waals surface area contributed by atoms with Crippen LogP contribution in [0.15, 0.2) is 40.9 Å². The van der Waals surface area contributed by atoms with Crippen LogP contribution in [0.3, 0.4) is 0 Å². The van der Waals surface area contributed by atoms with Gasteiger partial charge < -0.3 is 9.73 Å². The fourth-order valence-electron chi connectivity index (χ4n) is 3.05. The third-order valence-electron chi connectivity index (χ3n) is 4.60. The highest BCUT2D eigenvalue weighted by Crippen LogP contribution is 2.42. The zero-order valence-electron chi connectivity index (χ0n) is 12.8. The van der Waals surface area contributed by atoms with Gasteiger partial charge in [-0.1, -0.05) is 30.3 Å². The number of nitrogens with one attached hydrogen (secondary N) is 1. The zero-order chi connectivity index (χ0) is 16.0. The molecular weight excluding hydrogens is 294 g/mol. The molecule has 0 bridgehead atoms. The molecule has 0 spiro atoms. The van der Waals surface area contributed by atoms with Gasteiger partial charge in [0, 0.05) is 5.56 Å². The van der Waals surface area contributed by atoms with Crippen molar-refractivity contribution in [2.24, 2.45) is 5.92 Å². The summed E-state index contributed by atoms with van der Waals surface area (Å²) in [4.78, 5) is 30.1. The number of oxazole rings is 1. The predicted octanol–water partition coefficient (Wildman–Crippen LogP) is 2.56. The van der Waals surface area contributed by atoms with E-state index < -0.39 is 5.54 Å². The van der Waals surface area contributed by atoms with Gasteiger partial charge in [0.05, 0.1) is 6.20 Å². The van der Waals surface area contributed by atoms with Crippen molar-refractivity contribution < 1.29 is 14.0 Å². The van der Waals surface area contributed by atoms with Gasteiger partial charge in [0.1, 0.15) is 12.1 Å². The number of benzene rings is 1. The van der Waals surface area contributed by atoms with E-state index in [1.54, 1.807) is 13.1 Å². The Labute approximate surface area is 133 Å². The van der Waals surface area contributed by atoms with Crippen LogP contribution in [0.4, 0.5) is 4.79 Å². The molecule has 2 fully saturated rings. The Hall–Kier alpha value is -2.63. The van der Waals surface area contributed by atoms with E-state index in [4.69, 9.17) is 4.42 Å². The SMILES string of the molecule is CC1(C2CC2)NC(=O)N(Cc2ncc(-c3ccccc3)o2)C1=O. The van der Waals surface area contributed by atoms with E-state index in [0.717, 1.165) is 18.4 Å². The van der Waals surface area contributed by atoms with Gasteiger partial charge in [-0.15, -0.1) is 0 Å². The Morgan fingerprint density at radius 1 is 1.30 bits per heavy atom. The van der Waals surface area contributed by atoms with Crippen LogP contribution in [0.5, 0.6) is 0 Å². The number of hydrogen-bond donors (Lipinski definition) is 1. The van der Waals surface area contributed by atoms with Crippen LogP contribution in [0, 0.1) is 5.92 Å². The van der Waals surface area contributed by atoms with Crippen LogP contribution in [0.1, 0.15) is 25.7 Å². The van der Waals surface area contributed by atoms with Crippen molar-refractivity contribution in [2.45, 2.75) is 31.8 Å². The average molecular weight is 311 g/mol. The largest absolute Gasteiger partial charge is 0.439 e. The molecule has 4 rings (SSSR count). The first-order valence-electron chi connectivity index (χ1n) is 7.72. The molecular formula is C17H17N3O3. The zero-order valence-corrected chi connectivity index (χ0v) is 12.8. The van der Waals surface area contributed by atoms with Gasteiger partial charge in [0.15, 0.2) is 5.76 Å². The number of carbonyl (C=O) groups excluding carboxylic acids is 2. The van der Waals surface area contributed by atoms with Crippen LogP contribution in [-0.2, 0) is 11.3 Å². The van der Waals surface area contributed by atoms with Gasteiger partial charge in [-0.25, -0.2) is 9.78 Å². The summed E-state index contributed by atoms with van der Waals surface area (Å²) in [5.41, 5.74) is 0.137. The number of aromatic nitrogens is 1. The summed E-state index contributed by atoms with van der Waals surface area (Å²) in [6, 6.07) is 9.22. The summed E-state index contributed by atoms with van der Waals surface area (Å²) in [7, 11) is 0. The predicted molar refractivity (Wildman–Crippen MR) is 82.1 cm³/mol. The Bertz CT molecular complexity index is 766. The summed E-state index contributed by atoms with van der Waals surface area (Å²) in [5, 5.41) is 2.82. The van der Waals surface area contributed by atoms with Gasteiger partial charge >= 0.3 is 6.03 Å². The number of rotatable bonds is 4. The van der Waals surface area contributed by atoms with E-state index in [9.17, 15) is 9.59 Å². The Kier molecular flexibility index (Phi) is 3.01. The molecule has 1 aromatic carbocycles. The van der Waals surface area contributed by atoms with E-state index in [1.165, 1.54) is 4.90 Å². The second kappa shape index (κ2) is 4.94. The van der Waals surface area contributed by atoms with Crippen LogP contribution in [0.2, 0.25) is 0 Å². The van der Waals surface area contributed by atoms with Crippen molar-refractivity contribution in [3.63, 3.8) is 0 Å². The molecule has 2 aromatic rings. The third kappa shape index (κ3) is 2.30. The van der Waals surface area contributed by atoms with E-state index >= 15 is 0 Å². The van der Waals surface area contributed by atoms with Gasteiger partial charge in [-0.2, -0.15) is 0 Å². The first kappa shape index (κ1) is 14.0. The Morgan fingerprint density at radius 2 is 2.04 bits per heavy atom. The Morgan fingerprint density at radius 3 is 2.74 bits per heavy atom. The monoisotopic (exact) mass is 311 g/mol.